The lowest BCUT2D eigenvalue weighted by Crippen LogP contribution is -2.22. The number of esters is 1. The smallest absolute Gasteiger partial charge is 0.325 e. The van der Waals surface area contributed by atoms with E-state index in [0.717, 1.165) is 5.56 Å². The topological polar surface area (TPSA) is 91.2 Å². The third-order valence-electron chi connectivity index (χ3n) is 2.92. The number of ether oxygens (including phenoxy) is 1. The molecule has 0 radical (unpaired) electrons. The Morgan fingerprint density at radius 3 is 2.45 bits per heavy atom. The monoisotopic (exact) mass is 301 g/mol. The highest BCUT2D eigenvalue weighted by Crippen LogP contribution is 2.17. The summed E-state index contributed by atoms with van der Waals surface area (Å²) >= 11 is 0. The molecule has 1 aromatic rings. The summed E-state index contributed by atoms with van der Waals surface area (Å²) in [5.74, 6) is -0.628. The van der Waals surface area contributed by atoms with Crippen molar-refractivity contribution in [3.63, 3.8) is 0 Å². The molecule has 0 aliphatic rings. The Morgan fingerprint density at radius 2 is 1.95 bits per heavy atom. The van der Waals surface area contributed by atoms with Crippen molar-refractivity contribution >= 4 is 17.6 Å². The molecule has 6 nitrogen and oxygen atoms in total. The summed E-state index contributed by atoms with van der Waals surface area (Å²) in [6.07, 6.45) is 1.19. The summed E-state index contributed by atoms with van der Waals surface area (Å²) < 4.78 is 4.44. The summed E-state index contributed by atoms with van der Waals surface area (Å²) in [5.41, 5.74) is 1.63. The molecule has 2 N–H and O–H groups in total. The number of nitrogens with zero attached hydrogens (tertiary/aromatic N) is 1. The lowest BCUT2D eigenvalue weighted by Gasteiger charge is -2.08. The second kappa shape index (κ2) is 8.47. The predicted molar refractivity (Wildman–Crippen MR) is 82.9 cm³/mol. The van der Waals surface area contributed by atoms with Gasteiger partial charge in [-0.25, -0.2) is 0 Å². The van der Waals surface area contributed by atoms with Crippen LogP contribution in [0.1, 0.15) is 25.3 Å². The van der Waals surface area contributed by atoms with Crippen molar-refractivity contribution < 1.29 is 14.3 Å². The van der Waals surface area contributed by atoms with E-state index in [1.54, 1.807) is 18.2 Å². The zero-order valence-electron chi connectivity index (χ0n) is 12.8. The minimum atomic E-state index is -0.544. The highest BCUT2D eigenvalue weighted by Gasteiger charge is 2.10. The molecular formula is C16H19N3O3. The van der Waals surface area contributed by atoms with E-state index in [9.17, 15) is 9.59 Å². The molecule has 0 aliphatic carbocycles. The van der Waals surface area contributed by atoms with Crippen LogP contribution >= 0.6 is 0 Å². The van der Waals surface area contributed by atoms with Gasteiger partial charge in [0.05, 0.1) is 7.11 Å². The van der Waals surface area contributed by atoms with Crippen LogP contribution in [0.4, 0.5) is 5.69 Å². The number of nitriles is 1. The molecular weight excluding hydrogens is 282 g/mol. The number of nitrogens with one attached hydrogen (secondary N) is 2. The number of rotatable bonds is 6. The second-order valence-electron chi connectivity index (χ2n) is 4.86. The van der Waals surface area contributed by atoms with Crippen molar-refractivity contribution in [3.8, 4) is 6.07 Å². The van der Waals surface area contributed by atoms with E-state index in [1.807, 2.05) is 12.1 Å². The van der Waals surface area contributed by atoms with Gasteiger partial charge in [-0.05, 0) is 23.6 Å². The lowest BCUT2D eigenvalue weighted by atomic mass is 10.0. The molecule has 1 amide bonds. The normalized spacial score (nSPS) is 10.8. The van der Waals surface area contributed by atoms with Crippen molar-refractivity contribution in [2.24, 2.45) is 0 Å². The number of carbonyl (C=O) groups excluding carboxylic acids is 2. The van der Waals surface area contributed by atoms with Gasteiger partial charge in [0.2, 0.25) is 0 Å². The Bertz CT molecular complexity index is 598. The minimum absolute atomic E-state index is 0.113. The van der Waals surface area contributed by atoms with Crippen LogP contribution in [-0.2, 0) is 14.3 Å². The van der Waals surface area contributed by atoms with E-state index < -0.39 is 11.9 Å². The maximum Gasteiger partial charge on any atom is 0.325 e. The molecule has 0 aliphatic heterocycles. The van der Waals surface area contributed by atoms with Crippen LogP contribution in [0.2, 0.25) is 0 Å². The largest absolute Gasteiger partial charge is 0.468 e. The molecule has 0 atom stereocenters. The minimum Gasteiger partial charge on any atom is -0.468 e. The van der Waals surface area contributed by atoms with Gasteiger partial charge in [-0.15, -0.1) is 0 Å². The van der Waals surface area contributed by atoms with Crippen molar-refractivity contribution in [1.82, 2.24) is 5.32 Å². The number of hydrogen-bond donors (Lipinski definition) is 2. The standard InChI is InChI=1S/C16H19N3O3/c1-11(2)12-4-6-14(7-5-12)19-16(21)13(8-17)9-18-10-15(20)22-3/h4-7,9,11,18H,10H2,1-3H3,(H,19,21)/b13-9-. The van der Waals surface area contributed by atoms with Crippen molar-refractivity contribution in [3.05, 3.63) is 41.6 Å². The second-order valence-corrected chi connectivity index (χ2v) is 4.86. The summed E-state index contributed by atoms with van der Waals surface area (Å²) in [7, 11) is 1.26. The van der Waals surface area contributed by atoms with Crippen molar-refractivity contribution in [1.29, 1.82) is 5.26 Å². The Kier molecular flexibility index (Phi) is 6.64. The molecule has 0 saturated heterocycles. The fraction of sp³-hybridized carbons (Fsp3) is 0.312. The number of amides is 1. The van der Waals surface area contributed by atoms with E-state index in [0.29, 0.717) is 11.6 Å². The number of hydrogen-bond acceptors (Lipinski definition) is 5. The average molecular weight is 301 g/mol. The van der Waals surface area contributed by atoms with Gasteiger partial charge in [-0.3, -0.25) is 9.59 Å². The third kappa shape index (κ3) is 5.29. The van der Waals surface area contributed by atoms with Crippen LogP contribution in [0.5, 0.6) is 0 Å². The van der Waals surface area contributed by atoms with Crippen LogP contribution < -0.4 is 10.6 Å². The molecule has 0 heterocycles. The quantitative estimate of drug-likeness (QED) is 0.476. The molecule has 0 bridgehead atoms. The van der Waals surface area contributed by atoms with Gasteiger partial charge in [0.15, 0.2) is 0 Å². The van der Waals surface area contributed by atoms with Gasteiger partial charge in [0.25, 0.3) is 5.91 Å². The average Bonchev–Trinajstić information content (AvgIpc) is 2.51. The van der Waals surface area contributed by atoms with Crippen LogP contribution in [0.3, 0.4) is 0 Å². The van der Waals surface area contributed by atoms with Crippen LogP contribution in [0, 0.1) is 11.3 Å². The van der Waals surface area contributed by atoms with E-state index >= 15 is 0 Å². The van der Waals surface area contributed by atoms with Crippen LogP contribution in [0.15, 0.2) is 36.0 Å². The maximum absolute atomic E-state index is 11.9. The molecule has 1 aromatic carbocycles. The van der Waals surface area contributed by atoms with Crippen LogP contribution in [-0.4, -0.2) is 25.5 Å². The summed E-state index contributed by atoms with van der Waals surface area (Å²) in [4.78, 5) is 22.9. The van der Waals surface area contributed by atoms with E-state index in [-0.39, 0.29) is 12.1 Å². The van der Waals surface area contributed by atoms with Gasteiger partial charge < -0.3 is 15.4 Å². The zero-order valence-corrected chi connectivity index (χ0v) is 12.8. The van der Waals surface area contributed by atoms with E-state index in [4.69, 9.17) is 5.26 Å². The van der Waals surface area contributed by atoms with Crippen molar-refractivity contribution in [2.45, 2.75) is 19.8 Å². The molecule has 0 spiro atoms. The fourth-order valence-electron chi connectivity index (χ4n) is 1.61. The Hall–Kier alpha value is -2.81. The maximum atomic E-state index is 11.9. The number of methoxy groups -OCH3 is 1. The van der Waals surface area contributed by atoms with Gasteiger partial charge in [-0.2, -0.15) is 5.26 Å². The Morgan fingerprint density at radius 1 is 1.32 bits per heavy atom. The van der Waals surface area contributed by atoms with Gasteiger partial charge in [0, 0.05) is 11.9 Å². The van der Waals surface area contributed by atoms with Crippen LogP contribution in [0.25, 0.3) is 0 Å². The number of benzene rings is 1. The summed E-state index contributed by atoms with van der Waals surface area (Å²) in [6, 6.07) is 9.19. The van der Waals surface area contributed by atoms with Gasteiger partial charge in [0.1, 0.15) is 18.2 Å². The summed E-state index contributed by atoms with van der Waals surface area (Å²) in [6.45, 7) is 4.05. The third-order valence-corrected chi connectivity index (χ3v) is 2.92. The van der Waals surface area contributed by atoms with E-state index in [2.05, 4.69) is 29.2 Å². The summed E-state index contributed by atoms with van der Waals surface area (Å²) in [5, 5.41) is 14.2. The lowest BCUT2D eigenvalue weighted by molar-refractivity contribution is -0.139. The molecule has 0 aromatic heterocycles. The fourth-order valence-corrected chi connectivity index (χ4v) is 1.61. The number of anilines is 1. The highest BCUT2D eigenvalue weighted by molar-refractivity contribution is 6.06. The molecule has 6 heteroatoms. The first-order valence-corrected chi connectivity index (χ1v) is 6.79. The zero-order chi connectivity index (χ0) is 16.5. The molecule has 22 heavy (non-hydrogen) atoms. The Balaban J connectivity index is 2.67. The molecule has 1 rings (SSSR count). The highest BCUT2D eigenvalue weighted by atomic mass is 16.5. The van der Waals surface area contributed by atoms with Crippen molar-refractivity contribution in [2.75, 3.05) is 19.0 Å². The van der Waals surface area contributed by atoms with Gasteiger partial charge in [-0.1, -0.05) is 26.0 Å². The first kappa shape index (κ1) is 17.2. The molecule has 0 saturated carbocycles. The van der Waals surface area contributed by atoms with E-state index in [1.165, 1.54) is 13.3 Å². The van der Waals surface area contributed by atoms with Gasteiger partial charge >= 0.3 is 5.97 Å². The molecule has 116 valence electrons. The Labute approximate surface area is 129 Å². The number of carbonyl (C=O) groups is 2. The first-order valence-electron chi connectivity index (χ1n) is 6.79. The first-order chi connectivity index (χ1) is 10.5. The SMILES string of the molecule is COC(=O)CN/C=C(/C#N)C(=O)Nc1ccc(C(C)C)cc1. The molecule has 0 fully saturated rings. The predicted octanol–water partition coefficient (Wildman–Crippen LogP) is 1.92. The molecule has 0 unspecified atom stereocenters.